The van der Waals surface area contributed by atoms with Crippen molar-refractivity contribution in [1.82, 2.24) is 0 Å². The van der Waals surface area contributed by atoms with Crippen LogP contribution >= 0.6 is 24.0 Å². The van der Waals surface area contributed by atoms with Gasteiger partial charge in [-0.3, -0.25) is 0 Å². The highest BCUT2D eigenvalue weighted by Crippen LogP contribution is 2.04. The molecule has 64 valence electrons. The smallest absolute Gasteiger partial charge is 0.221 e. The van der Waals surface area contributed by atoms with Gasteiger partial charge in [0.05, 0.1) is 5.75 Å². The van der Waals surface area contributed by atoms with Gasteiger partial charge in [-0.05, 0) is 18.3 Å². The Kier molecular flexibility index (Phi) is 7.87. The Hall–Kier alpha value is -0.720. The second-order valence-corrected chi connectivity index (χ2v) is 3.30. The number of thiocarbonyl (C=S) groups is 1. The summed E-state index contributed by atoms with van der Waals surface area (Å²) in [5, 5.41) is 0. The van der Waals surface area contributed by atoms with E-state index in [9.17, 15) is 0 Å². The summed E-state index contributed by atoms with van der Waals surface area (Å²) in [6, 6.07) is 0. The lowest BCUT2D eigenvalue weighted by Gasteiger charge is -2.00. The van der Waals surface area contributed by atoms with Crippen LogP contribution in [0, 0.1) is 12.3 Å². The molecule has 1 nitrogen and oxygen atoms in total. The summed E-state index contributed by atoms with van der Waals surface area (Å²) >= 11 is 6.20. The highest BCUT2D eigenvalue weighted by atomic mass is 32.2. The van der Waals surface area contributed by atoms with Crippen molar-refractivity contribution in [3.8, 4) is 12.3 Å². The van der Waals surface area contributed by atoms with Crippen molar-refractivity contribution in [1.29, 1.82) is 0 Å². The number of terminal acetylenes is 1. The van der Waals surface area contributed by atoms with Crippen LogP contribution in [0.25, 0.3) is 0 Å². The van der Waals surface area contributed by atoms with Crippen molar-refractivity contribution < 1.29 is 4.74 Å². The van der Waals surface area contributed by atoms with E-state index in [0.717, 1.165) is 0 Å². The van der Waals surface area contributed by atoms with Gasteiger partial charge in [0.2, 0.25) is 4.38 Å². The fourth-order valence-electron chi connectivity index (χ4n) is 0.410. The van der Waals surface area contributed by atoms with E-state index in [1.807, 2.05) is 6.08 Å². The minimum atomic E-state index is 0.475. The van der Waals surface area contributed by atoms with E-state index in [4.69, 9.17) is 23.4 Å². The molecule has 0 saturated heterocycles. The summed E-state index contributed by atoms with van der Waals surface area (Å²) in [5.41, 5.74) is 0. The third-order valence-corrected chi connectivity index (χ3v) is 1.98. The first-order valence-electron chi connectivity index (χ1n) is 3.32. The van der Waals surface area contributed by atoms with Crippen LogP contribution in [-0.4, -0.2) is 16.7 Å². The van der Waals surface area contributed by atoms with Gasteiger partial charge in [0, 0.05) is 0 Å². The average Bonchev–Trinajstić information content (AvgIpc) is 2.09. The fraction of sp³-hybridized carbons (Fsp3) is 0.222. The molecule has 0 rings (SSSR count). The minimum absolute atomic E-state index is 0.475. The number of allylic oxidation sites excluding steroid dienone is 2. The Labute approximate surface area is 82.9 Å². The molecule has 0 aliphatic rings. The molecule has 0 aliphatic heterocycles. The van der Waals surface area contributed by atoms with Crippen LogP contribution < -0.4 is 0 Å². The lowest BCUT2D eigenvalue weighted by molar-refractivity contribution is 0.370. The summed E-state index contributed by atoms with van der Waals surface area (Å²) < 4.78 is 5.60. The first-order chi connectivity index (χ1) is 5.81. The molecule has 0 aliphatic carbocycles. The van der Waals surface area contributed by atoms with Crippen LogP contribution in [0.4, 0.5) is 0 Å². The number of rotatable bonds is 4. The van der Waals surface area contributed by atoms with Crippen LogP contribution in [0.15, 0.2) is 24.8 Å². The molecule has 0 radical (unpaired) electrons. The van der Waals surface area contributed by atoms with Crippen molar-refractivity contribution in [2.24, 2.45) is 0 Å². The SMILES string of the molecule is C#CCSC(=S)OC/C=C/C=C. The topological polar surface area (TPSA) is 9.23 Å². The van der Waals surface area contributed by atoms with Crippen LogP contribution in [0.2, 0.25) is 0 Å². The zero-order chi connectivity index (χ0) is 9.23. The highest BCUT2D eigenvalue weighted by molar-refractivity contribution is 8.22. The number of hydrogen-bond acceptors (Lipinski definition) is 3. The number of thioether (sulfide) groups is 1. The Balaban J connectivity index is 3.38. The Bertz CT molecular complexity index is 213. The second-order valence-electron chi connectivity index (χ2n) is 1.72. The molecule has 0 amide bonds. The maximum absolute atomic E-state index is 5.11. The largest absolute Gasteiger partial charge is 0.474 e. The van der Waals surface area contributed by atoms with Gasteiger partial charge in [-0.2, -0.15) is 0 Å². The van der Waals surface area contributed by atoms with Crippen LogP contribution in [0.3, 0.4) is 0 Å². The Morgan fingerprint density at radius 3 is 3.08 bits per heavy atom. The molecular formula is C9H10OS2. The molecule has 0 fully saturated rings. The zero-order valence-electron chi connectivity index (χ0n) is 6.66. The molecule has 0 aromatic rings. The molecule has 12 heavy (non-hydrogen) atoms. The van der Waals surface area contributed by atoms with E-state index in [-0.39, 0.29) is 0 Å². The van der Waals surface area contributed by atoms with Gasteiger partial charge in [-0.15, -0.1) is 6.42 Å². The third-order valence-electron chi connectivity index (χ3n) is 0.843. The van der Waals surface area contributed by atoms with E-state index < -0.39 is 0 Å². The predicted octanol–water partition coefficient (Wildman–Crippen LogP) is 2.40. The van der Waals surface area contributed by atoms with Crippen molar-refractivity contribution >= 4 is 28.4 Å². The first-order valence-corrected chi connectivity index (χ1v) is 4.71. The van der Waals surface area contributed by atoms with Crippen molar-refractivity contribution in [2.45, 2.75) is 0 Å². The van der Waals surface area contributed by atoms with E-state index >= 15 is 0 Å². The van der Waals surface area contributed by atoms with E-state index in [1.165, 1.54) is 11.8 Å². The lowest BCUT2D eigenvalue weighted by Crippen LogP contribution is -1.96. The minimum Gasteiger partial charge on any atom is -0.474 e. The van der Waals surface area contributed by atoms with Crippen LogP contribution in [0.1, 0.15) is 0 Å². The Morgan fingerprint density at radius 2 is 2.50 bits per heavy atom. The van der Waals surface area contributed by atoms with Gasteiger partial charge in [0.25, 0.3) is 0 Å². The normalized spacial score (nSPS) is 9.25. The van der Waals surface area contributed by atoms with Crippen LogP contribution in [0.5, 0.6) is 0 Å². The molecule has 0 N–H and O–H groups in total. The van der Waals surface area contributed by atoms with E-state index in [0.29, 0.717) is 16.7 Å². The number of hydrogen-bond donors (Lipinski definition) is 0. The average molecular weight is 198 g/mol. The highest BCUT2D eigenvalue weighted by Gasteiger charge is 1.93. The maximum atomic E-state index is 5.11. The zero-order valence-corrected chi connectivity index (χ0v) is 8.29. The van der Waals surface area contributed by atoms with Gasteiger partial charge >= 0.3 is 0 Å². The summed E-state index contributed by atoms with van der Waals surface area (Å²) in [6.07, 6.45) is 10.4. The molecule has 0 unspecified atom stereocenters. The Morgan fingerprint density at radius 1 is 1.75 bits per heavy atom. The van der Waals surface area contributed by atoms with E-state index in [1.54, 1.807) is 12.2 Å². The standard InChI is InChI=1S/C9H10OS2/c1-3-5-6-7-10-9(11)12-8-4-2/h2-3,5-6H,1,7-8H2/b6-5+. The molecule has 0 saturated carbocycles. The molecule has 0 aromatic heterocycles. The van der Waals surface area contributed by atoms with Gasteiger partial charge < -0.3 is 4.74 Å². The summed E-state index contributed by atoms with van der Waals surface area (Å²) in [4.78, 5) is 0. The molecule has 0 spiro atoms. The quantitative estimate of drug-likeness (QED) is 0.390. The molecule has 3 heteroatoms. The van der Waals surface area contributed by atoms with E-state index in [2.05, 4.69) is 12.5 Å². The third kappa shape index (κ3) is 7.39. The monoisotopic (exact) mass is 198 g/mol. The van der Waals surface area contributed by atoms with Gasteiger partial charge in [-0.25, -0.2) is 0 Å². The summed E-state index contributed by atoms with van der Waals surface area (Å²) in [5.74, 6) is 3.02. The molecule has 0 bridgehead atoms. The van der Waals surface area contributed by atoms with Crippen molar-refractivity contribution in [3.05, 3.63) is 24.8 Å². The van der Waals surface area contributed by atoms with Gasteiger partial charge in [0.1, 0.15) is 6.61 Å². The van der Waals surface area contributed by atoms with Crippen molar-refractivity contribution in [3.63, 3.8) is 0 Å². The second kappa shape index (κ2) is 8.38. The van der Waals surface area contributed by atoms with Crippen molar-refractivity contribution in [2.75, 3.05) is 12.4 Å². The molecule has 0 aromatic carbocycles. The van der Waals surface area contributed by atoms with Crippen LogP contribution in [-0.2, 0) is 4.74 Å². The number of ether oxygens (including phenoxy) is 1. The van der Waals surface area contributed by atoms with Gasteiger partial charge in [-0.1, -0.05) is 36.4 Å². The maximum Gasteiger partial charge on any atom is 0.221 e. The predicted molar refractivity (Wildman–Crippen MR) is 59.2 cm³/mol. The fourth-order valence-corrected chi connectivity index (χ4v) is 1.01. The lowest BCUT2D eigenvalue weighted by atomic mass is 10.5. The summed E-state index contributed by atoms with van der Waals surface area (Å²) in [6.45, 7) is 3.99. The first kappa shape index (κ1) is 11.3. The molecule has 0 heterocycles. The molecule has 0 atom stereocenters. The van der Waals surface area contributed by atoms with Gasteiger partial charge in [0.15, 0.2) is 0 Å². The summed E-state index contributed by atoms with van der Waals surface area (Å²) in [7, 11) is 0. The molecular weight excluding hydrogens is 188 g/mol.